The third-order valence-corrected chi connectivity index (χ3v) is 4.54. The Labute approximate surface area is 98.7 Å². The van der Waals surface area contributed by atoms with Gasteiger partial charge in [0.2, 0.25) is 0 Å². The molecule has 4 heteroatoms. The van der Waals surface area contributed by atoms with E-state index < -0.39 is 15.2 Å². The van der Waals surface area contributed by atoms with Crippen LogP contribution in [0.5, 0.6) is 0 Å². The number of carbonyl (C=O) groups is 2. The van der Waals surface area contributed by atoms with E-state index in [2.05, 4.69) is 15.9 Å². The number of Topliss-reactive ketones (excluding diaryl/α,β-unsaturated/α-hetero) is 1. The number of carbonyl (C=O) groups excluding carboxylic acids is 2. The van der Waals surface area contributed by atoms with Crippen LogP contribution in [0.3, 0.4) is 0 Å². The molecule has 1 saturated carbocycles. The van der Waals surface area contributed by atoms with Gasteiger partial charge in [-0.3, -0.25) is 9.59 Å². The standard InChI is InChI=1S/C11H17BrO3/c1-9(2,3)7(13)11(12)6-10(11,4)8(14)15-5/h6H2,1-5H3. The SMILES string of the molecule is COC(=O)C1(C)CC1(Br)C(=O)C(C)(C)C. The minimum absolute atomic E-state index is 0.0582. The summed E-state index contributed by atoms with van der Waals surface area (Å²) in [6, 6.07) is 0. The van der Waals surface area contributed by atoms with E-state index in [0.717, 1.165) is 0 Å². The normalized spacial score (nSPS) is 34.8. The van der Waals surface area contributed by atoms with Gasteiger partial charge in [-0.2, -0.15) is 0 Å². The zero-order valence-corrected chi connectivity index (χ0v) is 11.4. The summed E-state index contributed by atoms with van der Waals surface area (Å²) in [6.45, 7) is 7.33. The predicted octanol–water partition coefficient (Wildman–Crippen LogP) is 2.32. The summed E-state index contributed by atoms with van der Waals surface area (Å²) in [6.07, 6.45) is 0.517. The lowest BCUT2D eigenvalue weighted by Crippen LogP contribution is -2.36. The summed E-state index contributed by atoms with van der Waals surface area (Å²) in [5.74, 6) is -0.264. The van der Waals surface area contributed by atoms with Crippen LogP contribution in [-0.2, 0) is 14.3 Å². The maximum atomic E-state index is 12.1. The van der Waals surface area contributed by atoms with E-state index in [-0.39, 0.29) is 11.8 Å². The van der Waals surface area contributed by atoms with Crippen LogP contribution in [-0.4, -0.2) is 23.2 Å². The Morgan fingerprint density at radius 3 is 2.13 bits per heavy atom. The van der Waals surface area contributed by atoms with Crippen LogP contribution in [0, 0.1) is 10.8 Å². The summed E-state index contributed by atoms with van der Waals surface area (Å²) < 4.78 is 3.98. The molecule has 1 fully saturated rings. The second kappa shape index (κ2) is 3.30. The zero-order chi connectivity index (χ0) is 12.1. The van der Waals surface area contributed by atoms with Crippen molar-refractivity contribution < 1.29 is 14.3 Å². The van der Waals surface area contributed by atoms with Gasteiger partial charge >= 0.3 is 5.97 Å². The van der Waals surface area contributed by atoms with E-state index in [9.17, 15) is 9.59 Å². The van der Waals surface area contributed by atoms with Gasteiger partial charge in [0, 0.05) is 5.41 Å². The third-order valence-electron chi connectivity index (χ3n) is 3.02. The topological polar surface area (TPSA) is 43.4 Å². The molecule has 2 unspecified atom stereocenters. The Bertz CT molecular complexity index is 318. The fourth-order valence-electron chi connectivity index (χ4n) is 1.83. The van der Waals surface area contributed by atoms with Crippen LogP contribution >= 0.6 is 15.9 Å². The Morgan fingerprint density at radius 1 is 1.33 bits per heavy atom. The average Bonchev–Trinajstić information content (AvgIpc) is 2.68. The van der Waals surface area contributed by atoms with Gasteiger partial charge in [0.15, 0.2) is 5.78 Å². The van der Waals surface area contributed by atoms with Crippen LogP contribution in [0.1, 0.15) is 34.1 Å². The quantitative estimate of drug-likeness (QED) is 0.574. The maximum Gasteiger partial charge on any atom is 0.313 e. The highest BCUT2D eigenvalue weighted by Gasteiger charge is 2.73. The van der Waals surface area contributed by atoms with Gasteiger partial charge in [-0.05, 0) is 13.3 Å². The number of ether oxygens (including phenoxy) is 1. The molecule has 15 heavy (non-hydrogen) atoms. The molecule has 0 aromatic rings. The first-order valence-electron chi connectivity index (χ1n) is 4.92. The van der Waals surface area contributed by atoms with Gasteiger partial charge in [0.1, 0.15) is 4.32 Å². The lowest BCUT2D eigenvalue weighted by atomic mass is 9.85. The first-order valence-corrected chi connectivity index (χ1v) is 5.71. The van der Waals surface area contributed by atoms with Gasteiger partial charge in [0.25, 0.3) is 0 Å². The molecule has 0 spiro atoms. The third kappa shape index (κ3) is 1.73. The fourth-order valence-corrected chi connectivity index (χ4v) is 3.14. The summed E-state index contributed by atoms with van der Waals surface area (Å²) in [7, 11) is 1.35. The van der Waals surface area contributed by atoms with Crippen LogP contribution in [0.15, 0.2) is 0 Å². The van der Waals surface area contributed by atoms with Crippen molar-refractivity contribution in [2.75, 3.05) is 7.11 Å². The number of alkyl halides is 1. The van der Waals surface area contributed by atoms with Crippen molar-refractivity contribution in [3.63, 3.8) is 0 Å². The van der Waals surface area contributed by atoms with E-state index in [1.54, 1.807) is 6.92 Å². The minimum Gasteiger partial charge on any atom is -0.469 e. The molecule has 86 valence electrons. The lowest BCUT2D eigenvalue weighted by molar-refractivity contribution is -0.148. The Hall–Kier alpha value is -0.380. The van der Waals surface area contributed by atoms with Crippen LogP contribution in [0.4, 0.5) is 0 Å². The molecular weight excluding hydrogens is 260 g/mol. The number of halogens is 1. The molecule has 0 saturated heterocycles. The van der Waals surface area contributed by atoms with Gasteiger partial charge in [-0.15, -0.1) is 0 Å². The van der Waals surface area contributed by atoms with Crippen molar-refractivity contribution in [3.8, 4) is 0 Å². The Balaban J connectivity index is 2.93. The lowest BCUT2D eigenvalue weighted by Gasteiger charge is -2.23. The molecule has 3 nitrogen and oxygen atoms in total. The number of hydrogen-bond acceptors (Lipinski definition) is 3. The highest BCUT2D eigenvalue weighted by atomic mass is 79.9. The van der Waals surface area contributed by atoms with Crippen LogP contribution in [0.2, 0.25) is 0 Å². The van der Waals surface area contributed by atoms with Gasteiger partial charge in [0.05, 0.1) is 12.5 Å². The summed E-state index contributed by atoms with van der Waals surface area (Å²) in [5, 5.41) is 0. The van der Waals surface area contributed by atoms with E-state index in [4.69, 9.17) is 4.74 Å². The highest BCUT2D eigenvalue weighted by molar-refractivity contribution is 9.10. The van der Waals surface area contributed by atoms with Crippen LogP contribution in [0.25, 0.3) is 0 Å². The molecule has 0 aromatic carbocycles. The molecule has 0 bridgehead atoms. The molecule has 0 N–H and O–H groups in total. The highest BCUT2D eigenvalue weighted by Crippen LogP contribution is 2.64. The molecule has 1 aliphatic carbocycles. The second-order valence-electron chi connectivity index (χ2n) is 5.38. The summed E-state index contributed by atoms with van der Waals surface area (Å²) in [4.78, 5) is 23.7. The summed E-state index contributed by atoms with van der Waals surface area (Å²) in [5.41, 5.74) is -1.15. The minimum atomic E-state index is -0.731. The molecule has 1 rings (SSSR count). The summed E-state index contributed by atoms with van der Waals surface area (Å²) >= 11 is 3.40. The van der Waals surface area contributed by atoms with Gasteiger partial charge in [-0.25, -0.2) is 0 Å². The monoisotopic (exact) mass is 276 g/mol. The molecule has 0 heterocycles. The van der Waals surface area contributed by atoms with Crippen molar-refractivity contribution in [2.45, 2.75) is 38.4 Å². The van der Waals surface area contributed by atoms with Crippen molar-refractivity contribution in [3.05, 3.63) is 0 Å². The number of hydrogen-bond donors (Lipinski definition) is 0. The fraction of sp³-hybridized carbons (Fsp3) is 0.818. The average molecular weight is 277 g/mol. The molecule has 0 aromatic heterocycles. The first kappa shape index (κ1) is 12.7. The zero-order valence-electron chi connectivity index (χ0n) is 9.81. The molecule has 0 aliphatic heterocycles. The van der Waals surface area contributed by atoms with Gasteiger partial charge in [-0.1, -0.05) is 36.7 Å². The first-order chi connectivity index (χ1) is 6.59. The van der Waals surface area contributed by atoms with Crippen molar-refractivity contribution >= 4 is 27.7 Å². The largest absolute Gasteiger partial charge is 0.469 e. The number of esters is 1. The number of ketones is 1. The Morgan fingerprint density at radius 2 is 1.80 bits per heavy atom. The van der Waals surface area contributed by atoms with Crippen molar-refractivity contribution in [2.24, 2.45) is 10.8 Å². The maximum absolute atomic E-state index is 12.1. The van der Waals surface area contributed by atoms with Crippen molar-refractivity contribution in [1.82, 2.24) is 0 Å². The Kier molecular flexibility index (Phi) is 2.80. The molecular formula is C11H17BrO3. The molecule has 0 amide bonds. The van der Waals surface area contributed by atoms with E-state index in [1.165, 1.54) is 7.11 Å². The molecule has 2 atom stereocenters. The van der Waals surface area contributed by atoms with E-state index in [0.29, 0.717) is 6.42 Å². The predicted molar refractivity (Wildman–Crippen MR) is 60.9 cm³/mol. The van der Waals surface area contributed by atoms with Gasteiger partial charge < -0.3 is 4.74 Å². The smallest absolute Gasteiger partial charge is 0.313 e. The van der Waals surface area contributed by atoms with E-state index in [1.807, 2.05) is 20.8 Å². The number of rotatable bonds is 2. The molecule has 1 aliphatic rings. The molecule has 0 radical (unpaired) electrons. The number of methoxy groups -OCH3 is 1. The second-order valence-corrected chi connectivity index (χ2v) is 6.73. The van der Waals surface area contributed by atoms with E-state index >= 15 is 0 Å². The van der Waals surface area contributed by atoms with Crippen LogP contribution < -0.4 is 0 Å². The van der Waals surface area contributed by atoms with Crippen molar-refractivity contribution in [1.29, 1.82) is 0 Å².